The van der Waals surface area contributed by atoms with Gasteiger partial charge in [0, 0.05) is 16.5 Å². The lowest BCUT2D eigenvalue weighted by molar-refractivity contribution is 0.567. The van der Waals surface area contributed by atoms with Gasteiger partial charge in [-0.15, -0.1) is 5.10 Å². The van der Waals surface area contributed by atoms with E-state index in [1.54, 1.807) is 4.68 Å². The fraction of sp³-hybridized carbons (Fsp3) is 0.333. The van der Waals surface area contributed by atoms with E-state index in [9.17, 15) is 0 Å². The Labute approximate surface area is 133 Å². The Morgan fingerprint density at radius 3 is 2.74 bits per heavy atom. The van der Waals surface area contributed by atoms with Gasteiger partial charge >= 0.3 is 0 Å². The average Bonchev–Trinajstić information content (AvgIpc) is 2.70. The maximum Gasteiger partial charge on any atom is 0.153 e. The first-order valence-electron chi connectivity index (χ1n) is 5.78. The van der Waals surface area contributed by atoms with Crippen LogP contribution < -0.4 is 5.32 Å². The van der Waals surface area contributed by atoms with Gasteiger partial charge in [-0.2, -0.15) is 0 Å². The highest BCUT2D eigenvalue weighted by atomic mass is 79.9. The molecule has 0 saturated carbocycles. The van der Waals surface area contributed by atoms with Gasteiger partial charge in [-0.1, -0.05) is 39.7 Å². The van der Waals surface area contributed by atoms with Crippen molar-refractivity contribution in [2.24, 2.45) is 7.05 Å². The topological polar surface area (TPSA) is 42.7 Å². The summed E-state index contributed by atoms with van der Waals surface area (Å²) in [4.78, 5) is 0. The highest BCUT2D eigenvalue weighted by Gasteiger charge is 2.23. The molecule has 0 radical (unpaired) electrons. The predicted octanol–water partition coefficient (Wildman–Crippen LogP) is 3.69. The Morgan fingerprint density at radius 1 is 1.42 bits per heavy atom. The van der Waals surface area contributed by atoms with Gasteiger partial charge in [-0.05, 0) is 46.2 Å². The van der Waals surface area contributed by atoms with Gasteiger partial charge < -0.3 is 5.32 Å². The van der Waals surface area contributed by atoms with Crippen LogP contribution in [0, 0.1) is 0 Å². The molecule has 0 spiro atoms. The second kappa shape index (κ2) is 6.35. The van der Waals surface area contributed by atoms with Crippen LogP contribution in [0.4, 0.5) is 0 Å². The Morgan fingerprint density at radius 2 is 2.16 bits per heavy atom. The fourth-order valence-electron chi connectivity index (χ4n) is 1.94. The molecule has 0 fully saturated rings. The van der Waals surface area contributed by atoms with Crippen molar-refractivity contribution < 1.29 is 0 Å². The summed E-state index contributed by atoms with van der Waals surface area (Å²) in [7, 11) is 1.86. The molecule has 102 valence electrons. The van der Waals surface area contributed by atoms with Crippen LogP contribution in [0.1, 0.15) is 24.2 Å². The van der Waals surface area contributed by atoms with Crippen LogP contribution in [-0.4, -0.2) is 21.5 Å². The molecule has 0 bridgehead atoms. The Bertz CT molecular complexity index is 566. The molecule has 1 aromatic heterocycles. The van der Waals surface area contributed by atoms with Gasteiger partial charge in [-0.25, -0.2) is 4.68 Å². The first kappa shape index (κ1) is 15.0. The van der Waals surface area contributed by atoms with Crippen molar-refractivity contribution in [1.29, 1.82) is 0 Å². The summed E-state index contributed by atoms with van der Waals surface area (Å²) in [6, 6.07) is 5.74. The number of aromatic nitrogens is 3. The third kappa shape index (κ3) is 3.18. The lowest BCUT2D eigenvalue weighted by atomic mass is 10.0. The molecule has 1 N–H and O–H groups in total. The minimum Gasteiger partial charge on any atom is -0.305 e. The minimum atomic E-state index is -0.0654. The van der Waals surface area contributed by atoms with Crippen molar-refractivity contribution in [2.75, 3.05) is 6.54 Å². The second-order valence-electron chi connectivity index (χ2n) is 4.05. The summed E-state index contributed by atoms with van der Waals surface area (Å²) >= 11 is 13.2. The van der Waals surface area contributed by atoms with Crippen molar-refractivity contribution in [3.8, 4) is 0 Å². The number of halogens is 3. The van der Waals surface area contributed by atoms with Gasteiger partial charge in [0.25, 0.3) is 0 Å². The number of nitrogens with zero attached hydrogens (tertiary/aromatic N) is 3. The first-order valence-corrected chi connectivity index (χ1v) is 7.74. The van der Waals surface area contributed by atoms with Crippen LogP contribution in [0.3, 0.4) is 0 Å². The molecule has 0 aliphatic heterocycles. The van der Waals surface area contributed by atoms with E-state index in [-0.39, 0.29) is 6.04 Å². The average molecular weight is 409 g/mol. The van der Waals surface area contributed by atoms with Gasteiger partial charge in [0.15, 0.2) is 4.60 Å². The number of rotatable bonds is 4. The van der Waals surface area contributed by atoms with E-state index in [0.717, 1.165) is 26.9 Å². The molecule has 0 aliphatic rings. The van der Waals surface area contributed by atoms with E-state index in [0.29, 0.717) is 5.02 Å². The lowest BCUT2D eigenvalue weighted by Gasteiger charge is -2.20. The van der Waals surface area contributed by atoms with E-state index < -0.39 is 0 Å². The highest BCUT2D eigenvalue weighted by molar-refractivity contribution is 9.10. The summed E-state index contributed by atoms with van der Waals surface area (Å²) in [5.41, 5.74) is 1.94. The zero-order valence-electron chi connectivity index (χ0n) is 10.5. The van der Waals surface area contributed by atoms with Crippen molar-refractivity contribution in [2.45, 2.75) is 13.0 Å². The van der Waals surface area contributed by atoms with E-state index in [1.165, 1.54) is 0 Å². The summed E-state index contributed by atoms with van der Waals surface area (Å²) in [5, 5.41) is 12.2. The molecule has 1 heterocycles. The molecule has 0 aliphatic carbocycles. The molecule has 4 nitrogen and oxygen atoms in total. The smallest absolute Gasteiger partial charge is 0.153 e. The fourth-order valence-corrected chi connectivity index (χ4v) is 3.10. The maximum absolute atomic E-state index is 6.32. The van der Waals surface area contributed by atoms with Crippen molar-refractivity contribution in [3.63, 3.8) is 0 Å². The number of hydrogen-bond donors (Lipinski definition) is 1. The second-order valence-corrected chi connectivity index (χ2v) is 6.12. The van der Waals surface area contributed by atoms with E-state index in [1.807, 2.05) is 25.2 Å². The third-order valence-electron chi connectivity index (χ3n) is 2.78. The normalized spacial score (nSPS) is 12.7. The Kier molecular flexibility index (Phi) is 5.00. The van der Waals surface area contributed by atoms with Gasteiger partial charge in [0.05, 0.1) is 11.7 Å². The molecule has 2 aromatic rings. The standard InChI is InChI=1S/C12H13Br2ClN4/c1-3-16-10(11-12(14)17-18-19(11)2)8-6-7(13)4-5-9(8)15/h4-6,10,16H,3H2,1-2H3. The van der Waals surface area contributed by atoms with Gasteiger partial charge in [-0.3, -0.25) is 0 Å². The Balaban J connectivity index is 2.54. The minimum absolute atomic E-state index is 0.0654. The van der Waals surface area contributed by atoms with Crippen molar-refractivity contribution in [1.82, 2.24) is 20.3 Å². The van der Waals surface area contributed by atoms with Gasteiger partial charge in [0.2, 0.25) is 0 Å². The molecular formula is C12H13Br2ClN4. The molecule has 7 heteroatoms. The number of benzene rings is 1. The largest absolute Gasteiger partial charge is 0.305 e. The number of aryl methyl sites for hydroxylation is 1. The molecule has 0 saturated heterocycles. The Hall–Kier alpha value is -0.430. The molecule has 2 rings (SSSR count). The molecular weight excluding hydrogens is 395 g/mol. The molecule has 19 heavy (non-hydrogen) atoms. The quantitative estimate of drug-likeness (QED) is 0.839. The molecule has 0 amide bonds. The van der Waals surface area contributed by atoms with Crippen LogP contribution in [0.15, 0.2) is 27.3 Å². The SMILES string of the molecule is CCNC(c1cc(Br)ccc1Cl)c1c(Br)nnn1C. The zero-order valence-corrected chi connectivity index (χ0v) is 14.4. The van der Waals surface area contributed by atoms with Crippen LogP contribution in [0.2, 0.25) is 5.02 Å². The summed E-state index contributed by atoms with van der Waals surface area (Å²) in [6.07, 6.45) is 0. The van der Waals surface area contributed by atoms with Crippen LogP contribution in [0.5, 0.6) is 0 Å². The monoisotopic (exact) mass is 406 g/mol. The van der Waals surface area contributed by atoms with E-state index >= 15 is 0 Å². The summed E-state index contributed by atoms with van der Waals surface area (Å²) in [6.45, 7) is 2.86. The first-order chi connectivity index (χ1) is 9.04. The summed E-state index contributed by atoms with van der Waals surface area (Å²) in [5.74, 6) is 0. The number of nitrogens with one attached hydrogen (secondary N) is 1. The molecule has 1 aromatic carbocycles. The predicted molar refractivity (Wildman–Crippen MR) is 83.4 cm³/mol. The van der Waals surface area contributed by atoms with Gasteiger partial charge in [0.1, 0.15) is 0 Å². The van der Waals surface area contributed by atoms with Crippen molar-refractivity contribution >= 4 is 43.5 Å². The third-order valence-corrected chi connectivity index (χ3v) is 4.18. The zero-order chi connectivity index (χ0) is 14.0. The van der Waals surface area contributed by atoms with Crippen LogP contribution >= 0.6 is 43.5 Å². The highest BCUT2D eigenvalue weighted by Crippen LogP contribution is 2.32. The van der Waals surface area contributed by atoms with Crippen LogP contribution in [0.25, 0.3) is 0 Å². The van der Waals surface area contributed by atoms with E-state index in [4.69, 9.17) is 11.6 Å². The maximum atomic E-state index is 6.32. The molecule has 1 atom stereocenters. The van der Waals surface area contributed by atoms with E-state index in [2.05, 4.69) is 54.4 Å². The van der Waals surface area contributed by atoms with Crippen molar-refractivity contribution in [3.05, 3.63) is 43.6 Å². The van der Waals surface area contributed by atoms with Crippen LogP contribution in [-0.2, 0) is 7.05 Å². The lowest BCUT2D eigenvalue weighted by Crippen LogP contribution is -2.25. The summed E-state index contributed by atoms with van der Waals surface area (Å²) < 4.78 is 3.45. The molecule has 1 unspecified atom stereocenters. The number of hydrogen-bond acceptors (Lipinski definition) is 3.